The van der Waals surface area contributed by atoms with Crippen molar-refractivity contribution in [3.8, 4) is 11.3 Å². The third-order valence-electron chi connectivity index (χ3n) is 7.65. The molecule has 5 heteroatoms. The van der Waals surface area contributed by atoms with Crippen LogP contribution in [0.5, 0.6) is 0 Å². The van der Waals surface area contributed by atoms with Crippen LogP contribution in [0.1, 0.15) is 45.2 Å². The fraction of sp³-hybridized carbons (Fsp3) is 0.211. The first kappa shape index (κ1) is 30.3. The molecule has 3 heterocycles. The van der Waals surface area contributed by atoms with E-state index >= 15 is 0 Å². The number of para-hydroxylation sites is 3. The van der Waals surface area contributed by atoms with Gasteiger partial charge >= 0.3 is 6.01 Å². The molecular weight excluding hydrogens is 705 g/mol. The van der Waals surface area contributed by atoms with Crippen molar-refractivity contribution in [3.63, 3.8) is 0 Å². The standard InChI is InChI=1S/C26H26N3.C12H10N.Ir/c1-4-5-17-27-18-28(24-15-9-8-14-23(24)27)25-16-10-12-21-20-11-6-7-13-22(20)29(19(2)3)26(21)25;1-10-7-8-12(13-9-10)11-5-3-2-4-6-11;/h6-15,19H,4-5,17H2,1-3H3;2-5,7-9H,1H3;/q+1;-1;. The molecule has 0 unspecified atom stereocenters. The Morgan fingerprint density at radius 3 is 2.33 bits per heavy atom. The van der Waals surface area contributed by atoms with Crippen LogP contribution in [0.2, 0.25) is 0 Å². The second-order valence-electron chi connectivity index (χ2n) is 11.0. The zero-order valence-corrected chi connectivity index (χ0v) is 27.5. The number of benzene rings is 4. The van der Waals surface area contributed by atoms with E-state index in [2.05, 4.69) is 118 Å². The van der Waals surface area contributed by atoms with Crippen LogP contribution in [0, 0.1) is 19.1 Å². The van der Waals surface area contributed by atoms with Gasteiger partial charge in [-0.25, -0.2) is 0 Å². The zero-order valence-electron chi connectivity index (χ0n) is 25.1. The Morgan fingerprint density at radius 2 is 1.60 bits per heavy atom. The van der Waals surface area contributed by atoms with Gasteiger partial charge in [0.15, 0.2) is 6.54 Å². The quantitative estimate of drug-likeness (QED) is 0.123. The van der Waals surface area contributed by atoms with E-state index in [0.29, 0.717) is 6.04 Å². The van der Waals surface area contributed by atoms with Crippen LogP contribution in [0.3, 0.4) is 0 Å². The molecule has 0 bridgehead atoms. The molecule has 0 atom stereocenters. The van der Waals surface area contributed by atoms with Crippen molar-refractivity contribution < 1.29 is 24.7 Å². The second-order valence-corrected chi connectivity index (χ2v) is 11.0. The van der Waals surface area contributed by atoms with Crippen LogP contribution in [0.4, 0.5) is 17.1 Å². The third-order valence-corrected chi connectivity index (χ3v) is 7.65. The fourth-order valence-corrected chi connectivity index (χ4v) is 5.63. The molecule has 0 saturated heterocycles. The minimum absolute atomic E-state index is 0. The van der Waals surface area contributed by atoms with Gasteiger partial charge in [0.1, 0.15) is 5.69 Å². The summed E-state index contributed by atoms with van der Waals surface area (Å²) in [6.45, 7) is 9.75. The summed E-state index contributed by atoms with van der Waals surface area (Å²) in [7, 11) is 0. The average Bonchev–Trinajstić information content (AvgIpc) is 3.57. The van der Waals surface area contributed by atoms with Crippen molar-refractivity contribution in [3.05, 3.63) is 121 Å². The number of rotatable bonds is 6. The first-order chi connectivity index (χ1) is 20.6. The molecule has 2 aromatic heterocycles. The summed E-state index contributed by atoms with van der Waals surface area (Å²) in [6.07, 6.45) is 4.19. The summed E-state index contributed by atoms with van der Waals surface area (Å²) in [6, 6.07) is 44.1. The van der Waals surface area contributed by atoms with Gasteiger partial charge in [-0.05, 0) is 43.5 Å². The summed E-state index contributed by atoms with van der Waals surface area (Å²) in [5.74, 6) is 0. The van der Waals surface area contributed by atoms with Gasteiger partial charge < -0.3 is 9.55 Å². The van der Waals surface area contributed by atoms with Crippen LogP contribution in [-0.4, -0.2) is 26.7 Å². The number of hydrogen-bond donors (Lipinski definition) is 0. The Kier molecular flexibility index (Phi) is 9.48. The minimum Gasteiger partial charge on any atom is -0.386 e. The maximum atomic E-state index is 4.32. The minimum atomic E-state index is 0. The molecule has 4 aromatic carbocycles. The van der Waals surface area contributed by atoms with Gasteiger partial charge in [-0.1, -0.05) is 70.3 Å². The van der Waals surface area contributed by atoms with Crippen LogP contribution >= 0.6 is 0 Å². The number of nitrogens with zero attached hydrogens (tertiary/aromatic N) is 4. The van der Waals surface area contributed by atoms with E-state index in [0.717, 1.165) is 29.9 Å². The molecule has 217 valence electrons. The molecule has 0 spiro atoms. The largest absolute Gasteiger partial charge is 0.494 e. The Morgan fingerprint density at radius 1 is 0.837 bits per heavy atom. The SMILES string of the molecule is CCCC[N+]1=C=[N+](c2[c-]ccc3c4ccccc4n(C(C)C)c23)c2ccccc21.Cc1ccc(-c2[c-]cccc2)nc1.[Ir]. The summed E-state index contributed by atoms with van der Waals surface area (Å²) < 4.78 is 6.90. The summed E-state index contributed by atoms with van der Waals surface area (Å²) >= 11 is 0. The number of unbranched alkanes of at least 4 members (excludes halogenated alkanes) is 1. The molecule has 6 aromatic rings. The molecule has 43 heavy (non-hydrogen) atoms. The summed E-state index contributed by atoms with van der Waals surface area (Å²) in [4.78, 5) is 4.32. The van der Waals surface area contributed by atoms with Gasteiger partial charge in [0, 0.05) is 61.9 Å². The van der Waals surface area contributed by atoms with Crippen LogP contribution < -0.4 is 4.58 Å². The third kappa shape index (κ3) is 6.03. The molecular formula is C38H36IrN4. The molecule has 0 N–H and O–H groups in total. The second kappa shape index (κ2) is 13.4. The zero-order chi connectivity index (χ0) is 29.1. The molecule has 1 aliphatic heterocycles. The molecule has 4 nitrogen and oxygen atoms in total. The van der Waals surface area contributed by atoms with Crippen molar-refractivity contribution in [1.29, 1.82) is 0 Å². The normalized spacial score (nSPS) is 11.9. The monoisotopic (exact) mass is 741 g/mol. The fourth-order valence-electron chi connectivity index (χ4n) is 5.63. The van der Waals surface area contributed by atoms with E-state index < -0.39 is 0 Å². The predicted octanol–water partition coefficient (Wildman–Crippen LogP) is 9.50. The van der Waals surface area contributed by atoms with E-state index in [4.69, 9.17) is 0 Å². The first-order valence-electron chi connectivity index (χ1n) is 14.8. The number of fused-ring (bicyclic) bond motifs is 4. The maximum absolute atomic E-state index is 4.32. The number of aryl methyl sites for hydroxylation is 1. The molecule has 1 radical (unpaired) electrons. The van der Waals surface area contributed by atoms with Gasteiger partial charge in [-0.15, -0.1) is 42.0 Å². The molecule has 7 rings (SSSR count). The topological polar surface area (TPSA) is 23.8 Å². The van der Waals surface area contributed by atoms with Crippen molar-refractivity contribution >= 4 is 44.9 Å². The summed E-state index contributed by atoms with van der Waals surface area (Å²) in [5.41, 5.74) is 9.16. The van der Waals surface area contributed by atoms with Gasteiger partial charge in [0.05, 0.1) is 0 Å². The van der Waals surface area contributed by atoms with Gasteiger partial charge in [-0.3, -0.25) is 0 Å². The molecule has 1 aliphatic rings. The van der Waals surface area contributed by atoms with Crippen LogP contribution in [-0.2, 0) is 20.1 Å². The Hall–Kier alpha value is -4.14. The van der Waals surface area contributed by atoms with Crippen molar-refractivity contribution in [2.45, 2.75) is 46.6 Å². The Bertz CT molecular complexity index is 1930. The average molecular weight is 741 g/mol. The molecule has 0 amide bonds. The van der Waals surface area contributed by atoms with E-state index in [-0.39, 0.29) is 20.1 Å². The van der Waals surface area contributed by atoms with Gasteiger partial charge in [0.25, 0.3) is 11.4 Å². The van der Waals surface area contributed by atoms with E-state index in [1.807, 2.05) is 49.5 Å². The molecule has 0 fully saturated rings. The molecule has 0 saturated carbocycles. The van der Waals surface area contributed by atoms with Gasteiger partial charge in [-0.2, -0.15) is 12.1 Å². The number of pyridine rings is 1. The van der Waals surface area contributed by atoms with E-state index in [9.17, 15) is 0 Å². The van der Waals surface area contributed by atoms with Crippen LogP contribution in [0.15, 0.2) is 103 Å². The Labute approximate surface area is 268 Å². The van der Waals surface area contributed by atoms with E-state index in [1.165, 1.54) is 45.2 Å². The Balaban J connectivity index is 0.000000221. The van der Waals surface area contributed by atoms with E-state index in [1.54, 1.807) is 0 Å². The maximum Gasteiger partial charge on any atom is 0.494 e. The molecule has 0 aliphatic carbocycles. The van der Waals surface area contributed by atoms with Gasteiger partial charge in [0.2, 0.25) is 0 Å². The number of aromatic nitrogens is 2. The van der Waals surface area contributed by atoms with Crippen molar-refractivity contribution in [1.82, 2.24) is 14.1 Å². The van der Waals surface area contributed by atoms with Crippen molar-refractivity contribution in [2.24, 2.45) is 0 Å². The first-order valence-corrected chi connectivity index (χ1v) is 14.8. The van der Waals surface area contributed by atoms with Crippen molar-refractivity contribution in [2.75, 3.05) is 6.54 Å². The smallest absolute Gasteiger partial charge is 0.386 e. The van der Waals surface area contributed by atoms with Crippen LogP contribution in [0.25, 0.3) is 33.1 Å². The summed E-state index contributed by atoms with van der Waals surface area (Å²) in [5, 5.41) is 2.57. The predicted molar refractivity (Wildman–Crippen MR) is 175 cm³/mol. The number of hydrogen-bond acceptors (Lipinski definition) is 1.